The Morgan fingerprint density at radius 2 is 2.05 bits per heavy atom. The van der Waals surface area contributed by atoms with Crippen molar-refractivity contribution in [3.8, 4) is 22.9 Å². The molecule has 0 amide bonds. The number of H-pyrrole nitrogens is 1. The summed E-state index contributed by atoms with van der Waals surface area (Å²) in [5.41, 5.74) is 2.64. The highest BCUT2D eigenvalue weighted by atomic mass is 79.9. The van der Waals surface area contributed by atoms with Gasteiger partial charge in [0.05, 0.1) is 18.1 Å². The van der Waals surface area contributed by atoms with Gasteiger partial charge in [0.1, 0.15) is 5.82 Å². The molecule has 4 nitrogen and oxygen atoms in total. The van der Waals surface area contributed by atoms with Crippen LogP contribution in [0.5, 0.6) is 11.5 Å². The molecule has 19 heavy (non-hydrogen) atoms. The molecule has 2 N–H and O–H groups in total. The van der Waals surface area contributed by atoms with Crippen LogP contribution in [0.25, 0.3) is 22.4 Å². The van der Waals surface area contributed by atoms with Crippen molar-refractivity contribution in [2.24, 2.45) is 0 Å². The van der Waals surface area contributed by atoms with Crippen LogP contribution in [0, 0.1) is 0 Å². The smallest absolute Gasteiger partial charge is 0.160 e. The quantitative estimate of drug-likeness (QED) is 0.757. The number of benzene rings is 2. The molecule has 3 aromatic rings. The van der Waals surface area contributed by atoms with Gasteiger partial charge in [0.2, 0.25) is 0 Å². The summed E-state index contributed by atoms with van der Waals surface area (Å²) < 4.78 is 6.02. The van der Waals surface area contributed by atoms with E-state index in [0.29, 0.717) is 11.6 Å². The van der Waals surface area contributed by atoms with Crippen molar-refractivity contribution in [3.05, 3.63) is 40.9 Å². The van der Waals surface area contributed by atoms with E-state index in [2.05, 4.69) is 25.9 Å². The molecule has 5 heteroatoms. The second kappa shape index (κ2) is 4.59. The summed E-state index contributed by atoms with van der Waals surface area (Å²) in [7, 11) is 1.52. The fraction of sp³-hybridized carbons (Fsp3) is 0.0714. The van der Waals surface area contributed by atoms with Gasteiger partial charge in [-0.25, -0.2) is 4.98 Å². The molecule has 0 aliphatic heterocycles. The molecular formula is C14H11BrN2O2. The zero-order valence-electron chi connectivity index (χ0n) is 10.1. The van der Waals surface area contributed by atoms with E-state index in [9.17, 15) is 5.11 Å². The lowest BCUT2D eigenvalue weighted by Gasteiger charge is -2.04. The molecule has 96 valence electrons. The zero-order valence-corrected chi connectivity index (χ0v) is 11.7. The molecule has 0 radical (unpaired) electrons. The number of rotatable bonds is 2. The summed E-state index contributed by atoms with van der Waals surface area (Å²) in [5, 5.41) is 9.80. The van der Waals surface area contributed by atoms with E-state index in [1.165, 1.54) is 7.11 Å². The Morgan fingerprint density at radius 1 is 1.21 bits per heavy atom. The van der Waals surface area contributed by atoms with Crippen molar-refractivity contribution in [2.75, 3.05) is 7.11 Å². The minimum atomic E-state index is 0.0987. The van der Waals surface area contributed by atoms with Crippen molar-refractivity contribution < 1.29 is 9.84 Å². The normalized spacial score (nSPS) is 10.8. The fourth-order valence-corrected chi connectivity index (χ4v) is 2.32. The van der Waals surface area contributed by atoms with E-state index < -0.39 is 0 Å². The summed E-state index contributed by atoms with van der Waals surface area (Å²) in [6.45, 7) is 0. The first kappa shape index (κ1) is 12.0. The van der Waals surface area contributed by atoms with Gasteiger partial charge in [0, 0.05) is 10.0 Å². The molecule has 2 aromatic carbocycles. The second-order valence-electron chi connectivity index (χ2n) is 4.13. The number of aromatic amines is 1. The van der Waals surface area contributed by atoms with E-state index in [1.54, 1.807) is 12.1 Å². The topological polar surface area (TPSA) is 58.1 Å². The monoisotopic (exact) mass is 318 g/mol. The summed E-state index contributed by atoms with van der Waals surface area (Å²) in [4.78, 5) is 7.72. The van der Waals surface area contributed by atoms with Crippen LogP contribution in [-0.4, -0.2) is 22.2 Å². The number of phenolic OH excluding ortho intramolecular Hbond substituents is 1. The highest BCUT2D eigenvalue weighted by Gasteiger charge is 2.08. The first-order valence-corrected chi connectivity index (χ1v) is 6.49. The molecule has 0 saturated carbocycles. The Balaban J connectivity index is 2.11. The molecule has 1 aromatic heterocycles. The molecular weight excluding hydrogens is 308 g/mol. The highest BCUT2D eigenvalue weighted by molar-refractivity contribution is 9.10. The predicted molar refractivity (Wildman–Crippen MR) is 77.4 cm³/mol. The van der Waals surface area contributed by atoms with Gasteiger partial charge in [-0.3, -0.25) is 0 Å². The van der Waals surface area contributed by atoms with Gasteiger partial charge in [-0.1, -0.05) is 15.9 Å². The standard InChI is InChI=1S/C14H11BrN2O2/c1-19-13-5-2-8(6-12(13)18)14-16-10-4-3-9(15)7-11(10)17-14/h2-7,18H,1H3,(H,16,17). The molecule has 0 fully saturated rings. The number of nitrogens with one attached hydrogen (secondary N) is 1. The van der Waals surface area contributed by atoms with E-state index in [0.717, 1.165) is 21.1 Å². The van der Waals surface area contributed by atoms with Gasteiger partial charge in [-0.2, -0.15) is 0 Å². The Bertz CT molecular complexity index is 752. The minimum absolute atomic E-state index is 0.0987. The average Bonchev–Trinajstić information content (AvgIpc) is 2.81. The van der Waals surface area contributed by atoms with Crippen LogP contribution >= 0.6 is 15.9 Å². The maximum atomic E-state index is 9.80. The summed E-state index contributed by atoms with van der Waals surface area (Å²) >= 11 is 3.42. The molecule has 0 spiro atoms. The van der Waals surface area contributed by atoms with E-state index in [-0.39, 0.29) is 5.75 Å². The number of nitrogens with zero attached hydrogens (tertiary/aromatic N) is 1. The van der Waals surface area contributed by atoms with Crippen LogP contribution in [0.4, 0.5) is 0 Å². The Kier molecular flexibility index (Phi) is 2.91. The zero-order chi connectivity index (χ0) is 13.4. The van der Waals surface area contributed by atoms with Crippen molar-refractivity contribution in [3.63, 3.8) is 0 Å². The van der Waals surface area contributed by atoms with Gasteiger partial charge in [-0.15, -0.1) is 0 Å². The van der Waals surface area contributed by atoms with Crippen molar-refractivity contribution in [1.29, 1.82) is 0 Å². The largest absolute Gasteiger partial charge is 0.504 e. The van der Waals surface area contributed by atoms with Crippen molar-refractivity contribution in [1.82, 2.24) is 9.97 Å². The first-order chi connectivity index (χ1) is 9.17. The Hall–Kier alpha value is -2.01. The van der Waals surface area contributed by atoms with Gasteiger partial charge in [0.25, 0.3) is 0 Å². The molecule has 0 aliphatic carbocycles. The van der Waals surface area contributed by atoms with Crippen LogP contribution in [0.15, 0.2) is 40.9 Å². The van der Waals surface area contributed by atoms with Crippen LogP contribution in [0.1, 0.15) is 0 Å². The average molecular weight is 319 g/mol. The van der Waals surface area contributed by atoms with Crippen LogP contribution < -0.4 is 4.74 Å². The minimum Gasteiger partial charge on any atom is -0.504 e. The highest BCUT2D eigenvalue weighted by Crippen LogP contribution is 2.31. The second-order valence-corrected chi connectivity index (χ2v) is 5.05. The third kappa shape index (κ3) is 2.17. The third-order valence-electron chi connectivity index (χ3n) is 2.90. The molecule has 0 atom stereocenters. The molecule has 1 heterocycles. The molecule has 0 bridgehead atoms. The molecule has 0 unspecified atom stereocenters. The van der Waals surface area contributed by atoms with Crippen LogP contribution in [0.2, 0.25) is 0 Å². The fourth-order valence-electron chi connectivity index (χ4n) is 1.96. The molecule has 3 rings (SSSR count). The summed E-state index contributed by atoms with van der Waals surface area (Å²) in [5.74, 6) is 1.26. The van der Waals surface area contributed by atoms with Gasteiger partial charge in [-0.05, 0) is 36.4 Å². The maximum absolute atomic E-state index is 9.80. The summed E-state index contributed by atoms with van der Waals surface area (Å²) in [6, 6.07) is 11.0. The van der Waals surface area contributed by atoms with Crippen molar-refractivity contribution in [2.45, 2.75) is 0 Å². The Morgan fingerprint density at radius 3 is 2.79 bits per heavy atom. The number of aromatic nitrogens is 2. The molecule has 0 aliphatic rings. The number of methoxy groups -OCH3 is 1. The Labute approximate surface area is 118 Å². The van der Waals surface area contributed by atoms with E-state index in [4.69, 9.17) is 4.74 Å². The number of halogens is 1. The number of phenols is 1. The predicted octanol–water partition coefficient (Wildman–Crippen LogP) is 3.71. The van der Waals surface area contributed by atoms with Gasteiger partial charge >= 0.3 is 0 Å². The lowest BCUT2D eigenvalue weighted by Crippen LogP contribution is -1.85. The lowest BCUT2D eigenvalue weighted by molar-refractivity contribution is 0.373. The number of hydrogen-bond acceptors (Lipinski definition) is 3. The maximum Gasteiger partial charge on any atom is 0.160 e. The lowest BCUT2D eigenvalue weighted by atomic mass is 10.2. The number of aromatic hydroxyl groups is 1. The summed E-state index contributed by atoms with van der Waals surface area (Å²) in [6.07, 6.45) is 0. The number of imidazole rings is 1. The van der Waals surface area contributed by atoms with Crippen LogP contribution in [-0.2, 0) is 0 Å². The van der Waals surface area contributed by atoms with Gasteiger partial charge in [0.15, 0.2) is 11.5 Å². The number of hydrogen-bond donors (Lipinski definition) is 2. The third-order valence-corrected chi connectivity index (χ3v) is 3.39. The SMILES string of the molecule is COc1ccc(-c2nc3ccc(Br)cc3[nH]2)cc1O. The van der Waals surface area contributed by atoms with E-state index in [1.807, 2.05) is 24.3 Å². The van der Waals surface area contributed by atoms with Gasteiger partial charge < -0.3 is 14.8 Å². The van der Waals surface area contributed by atoms with Crippen LogP contribution in [0.3, 0.4) is 0 Å². The number of ether oxygens (including phenoxy) is 1. The van der Waals surface area contributed by atoms with Crippen molar-refractivity contribution >= 4 is 27.0 Å². The van der Waals surface area contributed by atoms with E-state index >= 15 is 0 Å². The molecule has 0 saturated heterocycles. The number of fused-ring (bicyclic) bond motifs is 1. The first-order valence-electron chi connectivity index (χ1n) is 5.70.